The van der Waals surface area contributed by atoms with E-state index in [1.165, 1.54) is 0 Å². The summed E-state index contributed by atoms with van der Waals surface area (Å²) in [6.07, 6.45) is 3.88. The van der Waals surface area contributed by atoms with E-state index in [0.717, 1.165) is 25.0 Å². The second-order valence-electron chi connectivity index (χ2n) is 4.68. The van der Waals surface area contributed by atoms with Gasteiger partial charge in [0.2, 0.25) is 11.8 Å². The molecule has 0 spiro atoms. The van der Waals surface area contributed by atoms with Crippen LogP contribution in [0.3, 0.4) is 0 Å². The average molecular weight is 252 g/mol. The van der Waals surface area contributed by atoms with Crippen molar-refractivity contribution in [2.45, 2.75) is 37.4 Å². The minimum absolute atomic E-state index is 0.180. The molecule has 0 aromatic rings. The van der Waals surface area contributed by atoms with Gasteiger partial charge < -0.3 is 0 Å². The monoisotopic (exact) mass is 252 g/mol. The zero-order valence-corrected chi connectivity index (χ0v) is 10.7. The Morgan fingerprint density at radius 1 is 1.53 bits per heavy atom. The first-order valence-electron chi connectivity index (χ1n) is 6.04. The van der Waals surface area contributed by atoms with Gasteiger partial charge in [0.15, 0.2) is 0 Å². The molecular weight excluding hydrogens is 236 g/mol. The maximum atomic E-state index is 11.8. The zero-order chi connectivity index (χ0) is 12.5. The summed E-state index contributed by atoms with van der Waals surface area (Å²) in [5.74, 6) is -0.230. The van der Waals surface area contributed by atoms with Crippen LogP contribution in [0.1, 0.15) is 32.6 Å². The van der Waals surface area contributed by atoms with E-state index in [1.807, 2.05) is 0 Å². The van der Waals surface area contributed by atoms with Crippen LogP contribution in [-0.2, 0) is 9.59 Å². The fourth-order valence-electron chi connectivity index (χ4n) is 2.60. The van der Waals surface area contributed by atoms with Crippen LogP contribution < -0.4 is 5.32 Å². The topological polar surface area (TPSA) is 70.0 Å². The Morgan fingerprint density at radius 2 is 2.29 bits per heavy atom. The summed E-state index contributed by atoms with van der Waals surface area (Å²) in [5, 5.41) is 11.3. The lowest BCUT2D eigenvalue weighted by molar-refractivity contribution is -0.126. The first-order chi connectivity index (χ1) is 8.15. The zero-order valence-electron chi connectivity index (χ0n) is 9.86. The molecule has 0 aromatic carbocycles. The maximum absolute atomic E-state index is 11.8. The fourth-order valence-corrected chi connectivity index (χ4v) is 4.24. The number of nitrogens with zero attached hydrogens (tertiary/aromatic N) is 1. The first-order valence-corrected chi connectivity index (χ1v) is 7.03. The van der Waals surface area contributed by atoms with E-state index in [-0.39, 0.29) is 17.7 Å². The molecule has 1 heterocycles. The predicted molar refractivity (Wildman–Crippen MR) is 65.1 cm³/mol. The van der Waals surface area contributed by atoms with Crippen LogP contribution in [0, 0.1) is 23.2 Å². The number of carbonyl (C=O) groups is 2. The molecule has 5 heteroatoms. The van der Waals surface area contributed by atoms with Gasteiger partial charge in [-0.1, -0.05) is 19.8 Å². The summed E-state index contributed by atoms with van der Waals surface area (Å²) in [6, 6.07) is 2.12. The van der Waals surface area contributed by atoms with E-state index in [0.29, 0.717) is 6.42 Å². The lowest BCUT2D eigenvalue weighted by Gasteiger charge is -2.43. The SMILES string of the molecule is CCCCCS[C@]12C[C@@H](C#N)[C@H]1C(=O)NC2=O. The number of amides is 2. The molecule has 3 atom stereocenters. The van der Waals surface area contributed by atoms with E-state index in [1.54, 1.807) is 11.8 Å². The van der Waals surface area contributed by atoms with Crippen molar-refractivity contribution in [2.24, 2.45) is 11.8 Å². The van der Waals surface area contributed by atoms with E-state index < -0.39 is 10.7 Å². The van der Waals surface area contributed by atoms with Gasteiger partial charge in [0.05, 0.1) is 17.9 Å². The summed E-state index contributed by atoms with van der Waals surface area (Å²) < 4.78 is -0.620. The lowest BCUT2D eigenvalue weighted by atomic mass is 9.66. The molecule has 1 N–H and O–H groups in total. The highest BCUT2D eigenvalue weighted by Gasteiger charge is 2.67. The number of nitriles is 1. The Hall–Kier alpha value is -1.02. The average Bonchev–Trinajstić information content (AvgIpc) is 2.44. The molecule has 0 unspecified atom stereocenters. The predicted octanol–water partition coefficient (Wildman–Crippen LogP) is 1.46. The molecule has 1 aliphatic heterocycles. The summed E-state index contributed by atoms with van der Waals surface area (Å²) in [4.78, 5) is 23.4. The highest BCUT2D eigenvalue weighted by molar-refractivity contribution is 8.01. The minimum Gasteiger partial charge on any atom is -0.295 e. The summed E-state index contributed by atoms with van der Waals surface area (Å²) in [6.45, 7) is 2.13. The Labute approximate surface area is 105 Å². The lowest BCUT2D eigenvalue weighted by Crippen LogP contribution is -2.53. The van der Waals surface area contributed by atoms with Crippen molar-refractivity contribution in [3.63, 3.8) is 0 Å². The molecule has 1 saturated heterocycles. The standard InChI is InChI=1S/C12H16N2O2S/c1-2-3-4-5-17-12-6-8(7-13)9(12)10(15)14-11(12)16/h8-9H,2-6H2,1H3,(H,14,15,16)/t8-,9-,12+/m0/s1. The molecule has 92 valence electrons. The molecule has 17 heavy (non-hydrogen) atoms. The summed E-state index contributed by atoms with van der Waals surface area (Å²) >= 11 is 1.57. The van der Waals surface area contributed by atoms with Gasteiger partial charge >= 0.3 is 0 Å². The highest BCUT2D eigenvalue weighted by Crippen LogP contribution is 2.55. The van der Waals surface area contributed by atoms with Gasteiger partial charge in [-0.05, 0) is 18.6 Å². The number of rotatable bonds is 5. The van der Waals surface area contributed by atoms with Gasteiger partial charge in [-0.15, -0.1) is 11.8 Å². The van der Waals surface area contributed by atoms with Crippen LogP contribution in [0.4, 0.5) is 0 Å². The molecule has 2 fully saturated rings. The molecule has 0 aromatic heterocycles. The molecule has 1 saturated carbocycles. The number of carbonyl (C=O) groups excluding carboxylic acids is 2. The number of nitrogens with one attached hydrogen (secondary N) is 1. The van der Waals surface area contributed by atoms with Crippen molar-refractivity contribution in [3.8, 4) is 6.07 Å². The van der Waals surface area contributed by atoms with Crippen molar-refractivity contribution < 1.29 is 9.59 Å². The Bertz CT molecular complexity index is 390. The third-order valence-corrected chi connectivity index (χ3v) is 5.22. The van der Waals surface area contributed by atoms with Gasteiger partial charge in [-0.3, -0.25) is 14.9 Å². The summed E-state index contributed by atoms with van der Waals surface area (Å²) in [7, 11) is 0. The normalized spacial score (nSPS) is 34.8. The number of unbranched alkanes of at least 4 members (excludes halogenated alkanes) is 2. The third-order valence-electron chi connectivity index (χ3n) is 3.60. The Kier molecular flexibility index (Phi) is 3.43. The smallest absolute Gasteiger partial charge is 0.243 e. The maximum Gasteiger partial charge on any atom is 0.243 e. The van der Waals surface area contributed by atoms with Crippen molar-refractivity contribution >= 4 is 23.6 Å². The van der Waals surface area contributed by atoms with Crippen molar-refractivity contribution in [1.82, 2.24) is 5.32 Å². The third kappa shape index (κ3) is 1.85. The van der Waals surface area contributed by atoms with Gasteiger partial charge in [-0.25, -0.2) is 0 Å². The number of hydrogen-bond donors (Lipinski definition) is 1. The fraction of sp³-hybridized carbons (Fsp3) is 0.750. The molecule has 0 bridgehead atoms. The van der Waals surface area contributed by atoms with Crippen LogP contribution >= 0.6 is 11.8 Å². The van der Waals surface area contributed by atoms with Crippen LogP contribution in [0.2, 0.25) is 0 Å². The molecule has 0 radical (unpaired) electrons. The van der Waals surface area contributed by atoms with E-state index in [4.69, 9.17) is 5.26 Å². The first kappa shape index (κ1) is 12.4. The van der Waals surface area contributed by atoms with Crippen LogP contribution in [0.5, 0.6) is 0 Å². The van der Waals surface area contributed by atoms with Gasteiger partial charge in [-0.2, -0.15) is 5.26 Å². The number of imide groups is 1. The molecule has 1 aliphatic carbocycles. The van der Waals surface area contributed by atoms with Gasteiger partial charge in [0, 0.05) is 0 Å². The summed E-state index contributed by atoms with van der Waals surface area (Å²) in [5.41, 5.74) is 0. The second kappa shape index (κ2) is 4.69. The number of fused-ring (bicyclic) bond motifs is 1. The van der Waals surface area contributed by atoms with Crippen LogP contribution in [0.25, 0.3) is 0 Å². The number of hydrogen-bond acceptors (Lipinski definition) is 4. The number of thioether (sulfide) groups is 1. The van der Waals surface area contributed by atoms with Gasteiger partial charge in [0.25, 0.3) is 0 Å². The highest BCUT2D eigenvalue weighted by atomic mass is 32.2. The van der Waals surface area contributed by atoms with Crippen LogP contribution in [0.15, 0.2) is 0 Å². The van der Waals surface area contributed by atoms with Crippen molar-refractivity contribution in [1.29, 1.82) is 5.26 Å². The van der Waals surface area contributed by atoms with Gasteiger partial charge in [0.1, 0.15) is 4.75 Å². The second-order valence-corrected chi connectivity index (χ2v) is 6.11. The largest absolute Gasteiger partial charge is 0.295 e. The molecule has 2 aliphatic rings. The molecule has 2 amide bonds. The van der Waals surface area contributed by atoms with Crippen LogP contribution in [-0.4, -0.2) is 22.3 Å². The Morgan fingerprint density at radius 3 is 2.94 bits per heavy atom. The minimum atomic E-state index is -0.620. The Balaban J connectivity index is 2.01. The quantitative estimate of drug-likeness (QED) is 0.594. The van der Waals surface area contributed by atoms with Crippen molar-refractivity contribution in [2.75, 3.05) is 5.75 Å². The van der Waals surface area contributed by atoms with E-state index in [2.05, 4.69) is 18.3 Å². The molecule has 2 rings (SSSR count). The van der Waals surface area contributed by atoms with E-state index >= 15 is 0 Å². The van der Waals surface area contributed by atoms with Crippen molar-refractivity contribution in [3.05, 3.63) is 0 Å². The molecular formula is C12H16N2O2S. The molecule has 4 nitrogen and oxygen atoms in total. The van der Waals surface area contributed by atoms with E-state index in [9.17, 15) is 9.59 Å².